The molecule has 0 amide bonds. The lowest BCUT2D eigenvalue weighted by molar-refractivity contribution is 0.640. The van der Waals surface area contributed by atoms with Gasteiger partial charge in [-0.25, -0.2) is 0 Å². The third kappa shape index (κ3) is 28.4. The average molecular weight is 904 g/mol. The lowest BCUT2D eigenvalue weighted by Gasteiger charge is -2.26. The van der Waals surface area contributed by atoms with Crippen LogP contribution in [0.3, 0.4) is 0 Å². The molecule has 0 atom stereocenters. The summed E-state index contributed by atoms with van der Waals surface area (Å²) in [6.07, 6.45) is 5.78. The van der Waals surface area contributed by atoms with E-state index in [-0.39, 0.29) is 27.7 Å². The van der Waals surface area contributed by atoms with Crippen LogP contribution in [0, 0.1) is 55.4 Å². The summed E-state index contributed by atoms with van der Waals surface area (Å²) in [6.45, 7) is 34.4. The second-order valence-corrected chi connectivity index (χ2v) is 17.5. The number of rotatable bonds is 6. The van der Waals surface area contributed by atoms with Crippen LogP contribution < -0.4 is 0 Å². The highest BCUT2D eigenvalue weighted by Gasteiger charge is 2.22. The molecule has 7 aromatic rings. The van der Waals surface area contributed by atoms with Gasteiger partial charge in [0.15, 0.2) is 0 Å². The van der Waals surface area contributed by atoms with Gasteiger partial charge >= 0.3 is 0 Å². The summed E-state index contributed by atoms with van der Waals surface area (Å²) in [5.74, 6) is 0. The number of aryl methyl sites for hydroxylation is 12. The van der Waals surface area contributed by atoms with Crippen molar-refractivity contribution in [3.63, 3.8) is 0 Å². The maximum absolute atomic E-state index is 2.29. The van der Waals surface area contributed by atoms with E-state index in [0.717, 1.165) is 25.7 Å². The van der Waals surface area contributed by atoms with Crippen LogP contribution in [0.25, 0.3) is 0 Å². The molecule has 67 heavy (non-hydrogen) atoms. The highest BCUT2D eigenvalue weighted by molar-refractivity contribution is 5.39. The molecule has 0 nitrogen and oxygen atoms in total. The Morgan fingerprint density at radius 3 is 0.746 bits per heavy atom. The minimum Gasteiger partial charge on any atom is -0.0776 e. The lowest BCUT2D eigenvalue weighted by Crippen LogP contribution is -2.18. The van der Waals surface area contributed by atoms with E-state index in [2.05, 4.69) is 281 Å². The Morgan fingerprint density at radius 2 is 0.507 bits per heavy atom. The molecule has 0 spiro atoms. The topological polar surface area (TPSA) is 0 Å². The number of hydrogen-bond donors (Lipinski definition) is 0. The van der Waals surface area contributed by atoms with Gasteiger partial charge < -0.3 is 0 Å². The van der Waals surface area contributed by atoms with E-state index in [1.54, 1.807) is 0 Å². The first-order valence-corrected chi connectivity index (χ1v) is 23.9. The van der Waals surface area contributed by atoms with Crippen molar-refractivity contribution in [1.82, 2.24) is 0 Å². The van der Waals surface area contributed by atoms with Crippen LogP contribution in [-0.2, 0) is 31.1 Å². The molecule has 0 fully saturated rings. The maximum atomic E-state index is 2.29. The van der Waals surface area contributed by atoms with Gasteiger partial charge in [0.2, 0.25) is 0 Å². The van der Waals surface area contributed by atoms with Gasteiger partial charge in [-0.05, 0) is 126 Å². The lowest BCUT2D eigenvalue weighted by atomic mass is 9.78. The van der Waals surface area contributed by atoms with Gasteiger partial charge in [0.25, 0.3) is 0 Å². The molecule has 7 rings (SSSR count). The Kier molecular flexibility index (Phi) is 36.9. The summed E-state index contributed by atoms with van der Waals surface area (Å²) in [6, 6.07) is 60.6. The Labute approximate surface area is 416 Å². The maximum Gasteiger partial charge on any atom is 0.0146 e. The second kappa shape index (κ2) is 37.6. The minimum atomic E-state index is 0. The summed E-state index contributed by atoms with van der Waals surface area (Å²) >= 11 is 0. The van der Waals surface area contributed by atoms with E-state index in [1.165, 1.54) is 84.3 Å². The van der Waals surface area contributed by atoms with Gasteiger partial charge in [0, 0.05) is 5.41 Å². The van der Waals surface area contributed by atoms with Gasteiger partial charge in [-0.15, -0.1) is 0 Å². The fraction of sp³-hybridized carbons (Fsp3) is 0.373. The zero-order chi connectivity index (χ0) is 47.9. The predicted octanol–water partition coefficient (Wildman–Crippen LogP) is 20.5. The first kappa shape index (κ1) is 65.8. The SMILES string of the molecule is C.C.C.CCC.CCc1ccc(C(C)(C)c2ccc(C)cc2)cc1.CCc1ccc(C)cc1.CCc1ccc(CC)cc1.Cc1ccc(C)cc1.Cc1cccc(C)c1.Cc1ccccc1C. The van der Waals surface area contributed by atoms with E-state index in [4.69, 9.17) is 0 Å². The fourth-order valence-electron chi connectivity index (χ4n) is 6.24. The second-order valence-electron chi connectivity index (χ2n) is 17.5. The smallest absolute Gasteiger partial charge is 0.0146 e. The molecule has 0 radical (unpaired) electrons. The van der Waals surface area contributed by atoms with Gasteiger partial charge in [0.1, 0.15) is 0 Å². The average Bonchev–Trinajstić information content (AvgIpc) is 3.30. The van der Waals surface area contributed by atoms with Crippen LogP contribution in [0.2, 0.25) is 0 Å². The Morgan fingerprint density at radius 1 is 0.284 bits per heavy atom. The Balaban J connectivity index is -0.000000740. The first-order chi connectivity index (χ1) is 30.5. The van der Waals surface area contributed by atoms with Crippen molar-refractivity contribution in [2.75, 3.05) is 0 Å². The van der Waals surface area contributed by atoms with Gasteiger partial charge in [-0.1, -0.05) is 287 Å². The fourth-order valence-corrected chi connectivity index (χ4v) is 6.24. The molecule has 0 bridgehead atoms. The number of hydrogen-bond acceptors (Lipinski definition) is 0. The van der Waals surface area contributed by atoms with Crippen molar-refractivity contribution >= 4 is 0 Å². The molecule has 0 unspecified atom stereocenters. The van der Waals surface area contributed by atoms with E-state index in [1.807, 2.05) is 0 Å². The van der Waals surface area contributed by atoms with Crippen LogP contribution in [0.15, 0.2) is 170 Å². The summed E-state index contributed by atoms with van der Waals surface area (Å²) in [7, 11) is 0. The molecular formula is C67H98. The van der Waals surface area contributed by atoms with Crippen molar-refractivity contribution in [1.29, 1.82) is 0 Å². The standard InChI is InChI=1S/C18H22.C10H14.C9H12.3C8H10.C3H8.3CH4/c1-5-15-8-12-17(13-9-15)18(3,4)16-10-6-14(2)7-11-16;1-3-9-5-7-10(4-2)8-6-9;1-3-9-6-4-8(2)5-7-9;1-7-3-5-8(2)6-4-7;1-7-4-3-5-8(2)6-7;1-7-5-3-4-6-8(7)2;1-3-2;;;/h6-13H,5H2,1-4H3;5-8H,3-4H2,1-2H3;4-7H,3H2,1-2H3;3*3-6H,1-2H3;3H2,1-2H3;3*1H4. The largest absolute Gasteiger partial charge is 0.0776 e. The minimum absolute atomic E-state index is 0. The van der Waals surface area contributed by atoms with Crippen LogP contribution in [0.5, 0.6) is 0 Å². The van der Waals surface area contributed by atoms with Crippen molar-refractivity contribution < 1.29 is 0 Å². The van der Waals surface area contributed by atoms with Gasteiger partial charge in [-0.3, -0.25) is 0 Å². The van der Waals surface area contributed by atoms with Crippen LogP contribution in [0.4, 0.5) is 0 Å². The third-order valence-corrected chi connectivity index (χ3v) is 11.0. The predicted molar refractivity (Wildman–Crippen MR) is 309 cm³/mol. The van der Waals surface area contributed by atoms with E-state index >= 15 is 0 Å². The van der Waals surface area contributed by atoms with E-state index < -0.39 is 0 Å². The van der Waals surface area contributed by atoms with Crippen molar-refractivity contribution in [3.8, 4) is 0 Å². The molecule has 0 saturated carbocycles. The summed E-state index contributed by atoms with van der Waals surface area (Å²) in [5.41, 5.74) is 19.2. The zero-order valence-electron chi connectivity index (χ0n) is 43.2. The molecule has 0 saturated heterocycles. The van der Waals surface area contributed by atoms with Crippen molar-refractivity contribution in [2.24, 2.45) is 0 Å². The molecule has 366 valence electrons. The molecular weight excluding hydrogens is 805 g/mol. The van der Waals surface area contributed by atoms with E-state index in [0.29, 0.717) is 0 Å². The molecule has 0 heterocycles. The highest BCUT2D eigenvalue weighted by Crippen LogP contribution is 2.31. The van der Waals surface area contributed by atoms with Crippen LogP contribution in [-0.4, -0.2) is 0 Å². The highest BCUT2D eigenvalue weighted by atomic mass is 14.3. The van der Waals surface area contributed by atoms with Gasteiger partial charge in [0.05, 0.1) is 0 Å². The molecule has 0 heteroatoms. The Bertz CT molecular complexity index is 2110. The Hall–Kier alpha value is -5.46. The van der Waals surface area contributed by atoms with E-state index in [9.17, 15) is 0 Å². The normalized spacial score (nSPS) is 9.43. The quantitative estimate of drug-likeness (QED) is 0.156. The van der Waals surface area contributed by atoms with Crippen LogP contribution >= 0.6 is 0 Å². The third-order valence-electron chi connectivity index (χ3n) is 11.0. The molecule has 7 aromatic carbocycles. The summed E-state index contributed by atoms with van der Waals surface area (Å²) in [5, 5.41) is 0. The molecule has 0 aliphatic rings. The number of benzene rings is 7. The summed E-state index contributed by atoms with van der Waals surface area (Å²) < 4.78 is 0. The zero-order valence-corrected chi connectivity index (χ0v) is 43.2. The molecule has 0 aliphatic heterocycles. The van der Waals surface area contributed by atoms with Crippen LogP contribution in [0.1, 0.15) is 162 Å². The molecule has 0 aromatic heterocycles. The van der Waals surface area contributed by atoms with Gasteiger partial charge in [-0.2, -0.15) is 0 Å². The van der Waals surface area contributed by atoms with Crippen molar-refractivity contribution in [2.45, 2.75) is 171 Å². The molecule has 0 aliphatic carbocycles. The first-order valence-electron chi connectivity index (χ1n) is 23.9. The van der Waals surface area contributed by atoms with Crippen molar-refractivity contribution in [3.05, 3.63) is 248 Å². The molecule has 0 N–H and O–H groups in total. The summed E-state index contributed by atoms with van der Waals surface area (Å²) in [4.78, 5) is 0. The monoisotopic (exact) mass is 903 g/mol.